The first-order valence-corrected chi connectivity index (χ1v) is 7.39. The Morgan fingerprint density at radius 2 is 1.94 bits per heavy atom. The first-order valence-electron chi connectivity index (χ1n) is 5.80. The maximum Gasteiger partial charge on any atom is 0.203 e. The second-order valence-electron chi connectivity index (χ2n) is 4.67. The Labute approximate surface area is 123 Å². The lowest BCUT2D eigenvalue weighted by Gasteiger charge is -2.16. The number of hydrogen-bond acceptors (Lipinski definition) is 2. The topological polar surface area (TPSA) is 29.9 Å². The number of halogens is 2. The van der Waals surface area contributed by atoms with E-state index in [1.165, 1.54) is 16.8 Å². The molecule has 3 nitrogen and oxygen atoms in total. The van der Waals surface area contributed by atoms with E-state index in [1.807, 2.05) is 6.20 Å². The van der Waals surface area contributed by atoms with Crippen LogP contribution in [0.3, 0.4) is 0 Å². The summed E-state index contributed by atoms with van der Waals surface area (Å²) in [6.07, 6.45) is 1.90. The van der Waals surface area contributed by atoms with Gasteiger partial charge < -0.3 is 9.88 Å². The average molecular weight is 371 g/mol. The third-order valence-corrected chi connectivity index (χ3v) is 4.61. The molecule has 0 bridgehead atoms. The van der Waals surface area contributed by atoms with E-state index >= 15 is 0 Å². The number of nitrogens with one attached hydrogen (secondary N) is 1. The largest absolute Gasteiger partial charge is 0.347 e. The van der Waals surface area contributed by atoms with E-state index in [9.17, 15) is 0 Å². The predicted octanol–water partition coefficient (Wildman–Crippen LogP) is 4.19. The first kappa shape index (κ1) is 12.2. The number of imidazole rings is 1. The van der Waals surface area contributed by atoms with Gasteiger partial charge in [-0.1, -0.05) is 31.9 Å². The van der Waals surface area contributed by atoms with E-state index in [0.29, 0.717) is 0 Å². The third-order valence-electron chi connectivity index (χ3n) is 3.30. The standard InChI is InChI=1S/C13H13Br2N3/c1-7-3-9(14)12(10(15)4-7)11-6-18-8(2)5-16-13(18)17-11/h3-5,11H,6H2,1-2H3,(H,16,17). The van der Waals surface area contributed by atoms with Crippen LogP contribution in [0.1, 0.15) is 22.9 Å². The Balaban J connectivity index is 2.00. The molecule has 18 heavy (non-hydrogen) atoms. The number of rotatable bonds is 1. The lowest BCUT2D eigenvalue weighted by molar-refractivity contribution is 0.666. The molecule has 1 aromatic heterocycles. The minimum absolute atomic E-state index is 0.261. The lowest BCUT2D eigenvalue weighted by Crippen LogP contribution is -2.09. The van der Waals surface area contributed by atoms with Gasteiger partial charge in [0, 0.05) is 20.2 Å². The normalized spacial score (nSPS) is 17.7. The molecule has 5 heteroatoms. The van der Waals surface area contributed by atoms with Crippen LogP contribution in [0.25, 0.3) is 0 Å². The van der Waals surface area contributed by atoms with Crippen LogP contribution >= 0.6 is 31.9 Å². The zero-order valence-electron chi connectivity index (χ0n) is 10.2. The second-order valence-corrected chi connectivity index (χ2v) is 6.38. The van der Waals surface area contributed by atoms with Crippen molar-refractivity contribution in [3.63, 3.8) is 0 Å². The van der Waals surface area contributed by atoms with Crippen LogP contribution in [0.5, 0.6) is 0 Å². The fraction of sp³-hybridized carbons (Fsp3) is 0.308. The van der Waals surface area contributed by atoms with Crippen LogP contribution in [0.15, 0.2) is 27.3 Å². The zero-order chi connectivity index (χ0) is 12.9. The second kappa shape index (κ2) is 4.38. The summed E-state index contributed by atoms with van der Waals surface area (Å²) in [4.78, 5) is 4.37. The van der Waals surface area contributed by atoms with Gasteiger partial charge in [-0.3, -0.25) is 0 Å². The summed E-state index contributed by atoms with van der Waals surface area (Å²) in [6, 6.07) is 4.56. The number of anilines is 1. The fourth-order valence-corrected chi connectivity index (χ4v) is 4.37. The van der Waals surface area contributed by atoms with Crippen LogP contribution in [0.4, 0.5) is 5.95 Å². The number of benzene rings is 1. The minimum Gasteiger partial charge on any atom is -0.347 e. The van der Waals surface area contributed by atoms with Crippen molar-refractivity contribution in [3.8, 4) is 0 Å². The van der Waals surface area contributed by atoms with Gasteiger partial charge in [0.05, 0.1) is 18.8 Å². The summed E-state index contributed by atoms with van der Waals surface area (Å²) in [5.74, 6) is 0.955. The Bertz CT molecular complexity index is 596. The summed E-state index contributed by atoms with van der Waals surface area (Å²) < 4.78 is 4.48. The van der Waals surface area contributed by atoms with E-state index in [-0.39, 0.29) is 6.04 Å². The molecule has 0 fully saturated rings. The van der Waals surface area contributed by atoms with Crippen LogP contribution in [0, 0.1) is 13.8 Å². The van der Waals surface area contributed by atoms with Crippen LogP contribution < -0.4 is 5.32 Å². The van der Waals surface area contributed by atoms with Crippen molar-refractivity contribution in [1.82, 2.24) is 9.55 Å². The van der Waals surface area contributed by atoms with Crippen LogP contribution in [0.2, 0.25) is 0 Å². The maximum atomic E-state index is 4.37. The Hall–Kier alpha value is -0.810. The molecule has 2 heterocycles. The molecule has 1 aromatic carbocycles. The molecule has 0 radical (unpaired) electrons. The Kier molecular flexibility index (Phi) is 2.98. The smallest absolute Gasteiger partial charge is 0.203 e. The van der Waals surface area contributed by atoms with E-state index < -0.39 is 0 Å². The Morgan fingerprint density at radius 1 is 1.28 bits per heavy atom. The minimum atomic E-state index is 0.261. The van der Waals surface area contributed by atoms with E-state index in [1.54, 1.807) is 0 Å². The summed E-state index contributed by atoms with van der Waals surface area (Å²) in [5, 5.41) is 3.46. The number of fused-ring (bicyclic) bond motifs is 1. The molecule has 2 aromatic rings. The number of aromatic nitrogens is 2. The molecule has 1 unspecified atom stereocenters. The fourth-order valence-electron chi connectivity index (χ4n) is 2.40. The summed E-state index contributed by atoms with van der Waals surface area (Å²) >= 11 is 7.32. The summed E-state index contributed by atoms with van der Waals surface area (Å²) in [7, 11) is 0. The van der Waals surface area contributed by atoms with E-state index in [0.717, 1.165) is 21.4 Å². The monoisotopic (exact) mass is 369 g/mol. The molecule has 0 saturated carbocycles. The predicted molar refractivity (Wildman–Crippen MR) is 79.9 cm³/mol. The quantitative estimate of drug-likeness (QED) is 0.815. The van der Waals surface area contributed by atoms with Crippen molar-refractivity contribution in [1.29, 1.82) is 0 Å². The summed E-state index contributed by atoms with van der Waals surface area (Å²) in [5.41, 5.74) is 3.69. The highest BCUT2D eigenvalue weighted by Crippen LogP contribution is 2.38. The Morgan fingerprint density at radius 3 is 2.56 bits per heavy atom. The van der Waals surface area contributed by atoms with Crippen LogP contribution in [-0.2, 0) is 6.54 Å². The van der Waals surface area contributed by atoms with Gasteiger partial charge >= 0.3 is 0 Å². The van der Waals surface area contributed by atoms with Crippen LogP contribution in [-0.4, -0.2) is 9.55 Å². The molecular formula is C13H13Br2N3. The van der Waals surface area contributed by atoms with Crippen molar-refractivity contribution in [2.75, 3.05) is 5.32 Å². The molecule has 1 aliphatic rings. The number of hydrogen-bond donors (Lipinski definition) is 1. The zero-order valence-corrected chi connectivity index (χ0v) is 13.3. The molecule has 3 rings (SSSR count). The van der Waals surface area contributed by atoms with Gasteiger partial charge in [-0.25, -0.2) is 4.98 Å². The highest BCUT2D eigenvalue weighted by atomic mass is 79.9. The molecule has 1 aliphatic heterocycles. The lowest BCUT2D eigenvalue weighted by atomic mass is 10.1. The third kappa shape index (κ3) is 1.89. The van der Waals surface area contributed by atoms with Gasteiger partial charge in [-0.15, -0.1) is 0 Å². The highest BCUT2D eigenvalue weighted by molar-refractivity contribution is 9.11. The van der Waals surface area contributed by atoms with E-state index in [2.05, 4.69) is 72.7 Å². The van der Waals surface area contributed by atoms with Gasteiger partial charge in [0.15, 0.2) is 0 Å². The van der Waals surface area contributed by atoms with Gasteiger partial charge in [0.25, 0.3) is 0 Å². The van der Waals surface area contributed by atoms with Crippen molar-refractivity contribution in [2.45, 2.75) is 26.4 Å². The molecule has 0 aliphatic carbocycles. The first-order chi connectivity index (χ1) is 8.56. The van der Waals surface area contributed by atoms with Crippen molar-refractivity contribution < 1.29 is 0 Å². The van der Waals surface area contributed by atoms with Crippen molar-refractivity contribution in [2.24, 2.45) is 0 Å². The maximum absolute atomic E-state index is 4.37. The van der Waals surface area contributed by atoms with Gasteiger partial charge in [0.1, 0.15) is 0 Å². The average Bonchev–Trinajstić information content (AvgIpc) is 2.80. The number of aryl methyl sites for hydroxylation is 2. The molecular weight excluding hydrogens is 358 g/mol. The molecule has 0 spiro atoms. The van der Waals surface area contributed by atoms with Gasteiger partial charge in [-0.05, 0) is 31.5 Å². The SMILES string of the molecule is Cc1cc(Br)c(C2Cn3c(C)cnc3N2)c(Br)c1. The molecule has 0 saturated heterocycles. The summed E-state index contributed by atoms with van der Waals surface area (Å²) in [6.45, 7) is 5.10. The van der Waals surface area contributed by atoms with Crippen molar-refractivity contribution >= 4 is 37.8 Å². The van der Waals surface area contributed by atoms with Gasteiger partial charge in [-0.2, -0.15) is 0 Å². The van der Waals surface area contributed by atoms with E-state index in [4.69, 9.17) is 0 Å². The molecule has 0 amide bonds. The highest BCUT2D eigenvalue weighted by Gasteiger charge is 2.27. The number of nitrogens with zero attached hydrogens (tertiary/aromatic N) is 2. The molecule has 94 valence electrons. The molecule has 1 N–H and O–H groups in total. The van der Waals surface area contributed by atoms with Gasteiger partial charge in [0.2, 0.25) is 5.95 Å². The van der Waals surface area contributed by atoms with Crippen molar-refractivity contribution in [3.05, 3.63) is 44.1 Å². The molecule has 1 atom stereocenters.